The monoisotopic (exact) mass is 324 g/mol. The van der Waals surface area contributed by atoms with Crippen LogP contribution in [-0.4, -0.2) is 25.0 Å². The lowest BCUT2D eigenvalue weighted by molar-refractivity contribution is 0.0921. The van der Waals surface area contributed by atoms with Crippen LogP contribution in [0.5, 0.6) is 0 Å². The minimum absolute atomic E-state index is 0.00801. The van der Waals surface area contributed by atoms with Crippen molar-refractivity contribution < 1.29 is 4.79 Å². The van der Waals surface area contributed by atoms with Gasteiger partial charge in [0.25, 0.3) is 5.91 Å². The minimum atomic E-state index is 0.00801. The number of benzene rings is 1. The van der Waals surface area contributed by atoms with E-state index in [9.17, 15) is 4.79 Å². The van der Waals surface area contributed by atoms with Crippen LogP contribution in [0.4, 0.5) is 0 Å². The zero-order valence-electron chi connectivity index (χ0n) is 11.5. The molecule has 0 aliphatic carbocycles. The maximum atomic E-state index is 12.3. The Balaban J connectivity index is 2.01. The van der Waals surface area contributed by atoms with Gasteiger partial charge in [-0.1, -0.05) is 11.6 Å². The van der Waals surface area contributed by atoms with Crippen molar-refractivity contribution in [3.8, 4) is 0 Å². The average Bonchev–Trinajstić information content (AvgIpc) is 2.42. The molecule has 19 heavy (non-hydrogen) atoms. The van der Waals surface area contributed by atoms with E-state index < -0.39 is 0 Å². The predicted octanol–water partition coefficient (Wildman–Crippen LogP) is 2.88. The predicted molar refractivity (Wildman–Crippen MR) is 81.4 cm³/mol. The molecular weight excluding hydrogens is 304 g/mol. The second kappa shape index (κ2) is 6.53. The molecule has 1 saturated heterocycles. The molecule has 1 heterocycles. The van der Waals surface area contributed by atoms with Gasteiger partial charge < -0.3 is 10.6 Å². The molecular formula is C15H21BrN2O. The summed E-state index contributed by atoms with van der Waals surface area (Å²) in [7, 11) is 0. The standard InChI is InChI=1S/C15H21BrN2O/c1-10-5-6-14(16)13(8-10)15(19)18-11(2)12-4-3-7-17-9-12/h5-6,8,11-12,17H,3-4,7,9H2,1-2H3,(H,18,19). The Bertz CT molecular complexity index is 455. The van der Waals surface area contributed by atoms with Gasteiger partial charge >= 0.3 is 0 Å². The fourth-order valence-electron chi connectivity index (χ4n) is 2.52. The largest absolute Gasteiger partial charge is 0.349 e. The molecule has 1 aliphatic heterocycles. The van der Waals surface area contributed by atoms with Crippen LogP contribution in [-0.2, 0) is 0 Å². The van der Waals surface area contributed by atoms with Gasteiger partial charge in [-0.05, 0) is 73.8 Å². The lowest BCUT2D eigenvalue weighted by Gasteiger charge is -2.29. The Morgan fingerprint density at radius 2 is 2.32 bits per heavy atom. The molecule has 4 heteroatoms. The molecule has 1 aromatic rings. The first-order valence-corrected chi connectivity index (χ1v) is 7.65. The van der Waals surface area contributed by atoms with E-state index in [2.05, 4.69) is 33.5 Å². The van der Waals surface area contributed by atoms with E-state index in [1.54, 1.807) is 0 Å². The number of hydrogen-bond acceptors (Lipinski definition) is 2. The Kier molecular flexibility index (Phi) is 4.99. The number of carbonyl (C=O) groups is 1. The number of carbonyl (C=O) groups excluding carboxylic acids is 1. The molecule has 1 aliphatic rings. The molecule has 1 fully saturated rings. The third kappa shape index (κ3) is 3.80. The first-order valence-electron chi connectivity index (χ1n) is 6.85. The average molecular weight is 325 g/mol. The van der Waals surface area contributed by atoms with Crippen LogP contribution in [0.15, 0.2) is 22.7 Å². The van der Waals surface area contributed by atoms with Gasteiger partial charge in [0.05, 0.1) is 5.56 Å². The highest BCUT2D eigenvalue weighted by Gasteiger charge is 2.22. The summed E-state index contributed by atoms with van der Waals surface area (Å²) in [6.45, 7) is 6.19. The van der Waals surface area contributed by atoms with Gasteiger partial charge in [0.2, 0.25) is 0 Å². The molecule has 1 aromatic carbocycles. The Labute approximate surface area is 123 Å². The highest BCUT2D eigenvalue weighted by molar-refractivity contribution is 9.10. The molecule has 2 rings (SSSR count). The van der Waals surface area contributed by atoms with E-state index in [0.717, 1.165) is 28.7 Å². The van der Waals surface area contributed by atoms with Crippen molar-refractivity contribution >= 4 is 21.8 Å². The van der Waals surface area contributed by atoms with Crippen LogP contribution in [0.1, 0.15) is 35.7 Å². The van der Waals surface area contributed by atoms with E-state index in [0.29, 0.717) is 5.92 Å². The van der Waals surface area contributed by atoms with Gasteiger partial charge in [0.15, 0.2) is 0 Å². The number of aryl methyl sites for hydroxylation is 1. The van der Waals surface area contributed by atoms with Gasteiger partial charge in [-0.25, -0.2) is 0 Å². The van der Waals surface area contributed by atoms with Gasteiger partial charge in [0, 0.05) is 10.5 Å². The van der Waals surface area contributed by atoms with E-state index in [-0.39, 0.29) is 11.9 Å². The zero-order valence-corrected chi connectivity index (χ0v) is 13.1. The van der Waals surface area contributed by atoms with Crippen molar-refractivity contribution in [2.45, 2.75) is 32.7 Å². The fourth-order valence-corrected chi connectivity index (χ4v) is 2.95. The van der Waals surface area contributed by atoms with Crippen molar-refractivity contribution in [1.82, 2.24) is 10.6 Å². The topological polar surface area (TPSA) is 41.1 Å². The first-order chi connectivity index (χ1) is 9.08. The highest BCUT2D eigenvalue weighted by Crippen LogP contribution is 2.19. The molecule has 3 nitrogen and oxygen atoms in total. The summed E-state index contributed by atoms with van der Waals surface area (Å²) >= 11 is 3.44. The van der Waals surface area contributed by atoms with Crippen molar-refractivity contribution in [2.24, 2.45) is 5.92 Å². The first kappa shape index (κ1) is 14.5. The van der Waals surface area contributed by atoms with Gasteiger partial charge in [-0.2, -0.15) is 0 Å². The second-order valence-corrected chi connectivity index (χ2v) is 6.21. The van der Waals surface area contributed by atoms with E-state index in [1.165, 1.54) is 12.8 Å². The fraction of sp³-hybridized carbons (Fsp3) is 0.533. The van der Waals surface area contributed by atoms with Crippen molar-refractivity contribution in [2.75, 3.05) is 13.1 Å². The number of piperidine rings is 1. The van der Waals surface area contributed by atoms with E-state index >= 15 is 0 Å². The maximum Gasteiger partial charge on any atom is 0.252 e. The number of amides is 1. The summed E-state index contributed by atoms with van der Waals surface area (Å²) < 4.78 is 0.851. The molecule has 0 radical (unpaired) electrons. The number of nitrogens with one attached hydrogen (secondary N) is 2. The Morgan fingerprint density at radius 1 is 1.53 bits per heavy atom. The zero-order chi connectivity index (χ0) is 13.8. The summed E-state index contributed by atoms with van der Waals surface area (Å²) in [4.78, 5) is 12.3. The van der Waals surface area contributed by atoms with Gasteiger partial charge in [-0.15, -0.1) is 0 Å². The van der Waals surface area contributed by atoms with Crippen molar-refractivity contribution in [1.29, 1.82) is 0 Å². The third-order valence-corrected chi connectivity index (χ3v) is 4.46. The van der Waals surface area contributed by atoms with Crippen LogP contribution in [0.2, 0.25) is 0 Å². The summed E-state index contributed by atoms with van der Waals surface area (Å²) in [5, 5.41) is 6.51. The normalized spacial score (nSPS) is 20.9. The summed E-state index contributed by atoms with van der Waals surface area (Å²) in [5.41, 5.74) is 1.82. The summed E-state index contributed by atoms with van der Waals surface area (Å²) in [6, 6.07) is 6.05. The van der Waals surface area contributed by atoms with Crippen LogP contribution >= 0.6 is 15.9 Å². The maximum absolute atomic E-state index is 12.3. The molecule has 1 amide bonds. The molecule has 2 atom stereocenters. The number of halogens is 1. The second-order valence-electron chi connectivity index (χ2n) is 5.35. The Morgan fingerprint density at radius 3 is 3.00 bits per heavy atom. The van der Waals surface area contributed by atoms with Crippen LogP contribution in [0, 0.1) is 12.8 Å². The highest BCUT2D eigenvalue weighted by atomic mass is 79.9. The van der Waals surface area contributed by atoms with Gasteiger partial charge in [-0.3, -0.25) is 4.79 Å². The lowest BCUT2D eigenvalue weighted by Crippen LogP contribution is -2.44. The molecule has 0 bridgehead atoms. The van der Waals surface area contributed by atoms with Gasteiger partial charge in [0.1, 0.15) is 0 Å². The number of rotatable bonds is 3. The van der Waals surface area contributed by atoms with E-state index in [1.807, 2.05) is 25.1 Å². The van der Waals surface area contributed by atoms with E-state index in [4.69, 9.17) is 0 Å². The molecule has 0 saturated carbocycles. The third-order valence-electron chi connectivity index (χ3n) is 3.77. The smallest absolute Gasteiger partial charge is 0.252 e. The van der Waals surface area contributed by atoms with Crippen LogP contribution < -0.4 is 10.6 Å². The number of hydrogen-bond donors (Lipinski definition) is 2. The molecule has 0 aromatic heterocycles. The molecule has 2 unspecified atom stereocenters. The summed E-state index contributed by atoms with van der Waals surface area (Å²) in [6.07, 6.45) is 2.38. The minimum Gasteiger partial charge on any atom is -0.349 e. The Hall–Kier alpha value is -0.870. The van der Waals surface area contributed by atoms with Crippen LogP contribution in [0.25, 0.3) is 0 Å². The molecule has 2 N–H and O–H groups in total. The molecule has 104 valence electrons. The van der Waals surface area contributed by atoms with Crippen molar-refractivity contribution in [3.63, 3.8) is 0 Å². The summed E-state index contributed by atoms with van der Waals surface area (Å²) in [5.74, 6) is 0.537. The quantitative estimate of drug-likeness (QED) is 0.897. The lowest BCUT2D eigenvalue weighted by atomic mass is 9.92. The molecule has 0 spiro atoms. The van der Waals surface area contributed by atoms with Crippen LogP contribution in [0.3, 0.4) is 0 Å². The van der Waals surface area contributed by atoms with Crippen molar-refractivity contribution in [3.05, 3.63) is 33.8 Å². The SMILES string of the molecule is Cc1ccc(Br)c(C(=O)NC(C)C2CCCNC2)c1.